The molecule has 1 aromatic carbocycles. The highest BCUT2D eigenvalue weighted by molar-refractivity contribution is 5.74. The van der Waals surface area contributed by atoms with E-state index < -0.39 is 0 Å². The summed E-state index contributed by atoms with van der Waals surface area (Å²) in [6, 6.07) is 7.76. The van der Waals surface area contributed by atoms with Crippen molar-refractivity contribution in [3.8, 4) is 0 Å². The van der Waals surface area contributed by atoms with Crippen molar-refractivity contribution in [1.82, 2.24) is 14.9 Å². The zero-order valence-corrected chi connectivity index (χ0v) is 12.3. The zero-order valence-electron chi connectivity index (χ0n) is 12.3. The number of benzene rings is 1. The SMILES string of the molecule is CC(C)CCCNCCn1c(=O)cnc2ccccc21. The van der Waals surface area contributed by atoms with Crippen LogP contribution in [0.2, 0.25) is 0 Å². The topological polar surface area (TPSA) is 46.9 Å². The van der Waals surface area contributed by atoms with Crippen molar-refractivity contribution in [1.29, 1.82) is 0 Å². The molecule has 0 aliphatic heterocycles. The summed E-state index contributed by atoms with van der Waals surface area (Å²) in [6.45, 7) is 6.98. The predicted octanol–water partition coefficient (Wildman–Crippen LogP) is 2.42. The molecule has 1 aromatic heterocycles. The van der Waals surface area contributed by atoms with Crippen LogP contribution in [0.1, 0.15) is 26.7 Å². The Hall–Kier alpha value is -1.68. The van der Waals surface area contributed by atoms with Crippen LogP contribution in [-0.2, 0) is 6.54 Å². The molecule has 4 heteroatoms. The molecule has 0 atom stereocenters. The number of nitrogens with one attached hydrogen (secondary N) is 1. The molecule has 0 saturated carbocycles. The summed E-state index contributed by atoms with van der Waals surface area (Å²) in [5, 5.41) is 3.40. The summed E-state index contributed by atoms with van der Waals surface area (Å²) in [5.74, 6) is 0.753. The van der Waals surface area contributed by atoms with Gasteiger partial charge in [-0.25, -0.2) is 4.98 Å². The first-order valence-corrected chi connectivity index (χ1v) is 7.34. The van der Waals surface area contributed by atoms with Crippen molar-refractivity contribution in [2.24, 2.45) is 5.92 Å². The van der Waals surface area contributed by atoms with Gasteiger partial charge >= 0.3 is 0 Å². The molecule has 108 valence electrons. The van der Waals surface area contributed by atoms with Gasteiger partial charge in [0.1, 0.15) is 0 Å². The Morgan fingerprint density at radius 1 is 1.25 bits per heavy atom. The molecular weight excluding hydrogens is 250 g/mol. The Morgan fingerprint density at radius 3 is 2.85 bits per heavy atom. The molecule has 0 spiro atoms. The van der Waals surface area contributed by atoms with Crippen LogP contribution < -0.4 is 10.9 Å². The molecule has 0 bridgehead atoms. The molecule has 2 aromatic rings. The molecule has 0 fully saturated rings. The molecule has 4 nitrogen and oxygen atoms in total. The second-order valence-electron chi connectivity index (χ2n) is 5.52. The summed E-state index contributed by atoms with van der Waals surface area (Å²) in [6.07, 6.45) is 3.83. The van der Waals surface area contributed by atoms with Crippen LogP contribution in [0.25, 0.3) is 11.0 Å². The minimum absolute atomic E-state index is 0.0346. The van der Waals surface area contributed by atoms with Gasteiger partial charge in [-0.2, -0.15) is 0 Å². The molecule has 1 N–H and O–H groups in total. The van der Waals surface area contributed by atoms with Crippen LogP contribution in [0.3, 0.4) is 0 Å². The monoisotopic (exact) mass is 273 g/mol. The summed E-state index contributed by atoms with van der Waals surface area (Å²) < 4.78 is 1.79. The Kier molecular flexibility index (Phi) is 5.30. The van der Waals surface area contributed by atoms with Crippen LogP contribution >= 0.6 is 0 Å². The van der Waals surface area contributed by atoms with Crippen molar-refractivity contribution < 1.29 is 0 Å². The molecule has 20 heavy (non-hydrogen) atoms. The zero-order chi connectivity index (χ0) is 14.4. The molecule has 0 saturated heterocycles. The summed E-state index contributed by atoms with van der Waals surface area (Å²) in [7, 11) is 0. The van der Waals surface area contributed by atoms with Gasteiger partial charge in [0, 0.05) is 13.1 Å². The van der Waals surface area contributed by atoms with Gasteiger partial charge in [0.15, 0.2) is 0 Å². The van der Waals surface area contributed by atoms with Gasteiger partial charge in [0.05, 0.1) is 17.2 Å². The average Bonchev–Trinajstić information content (AvgIpc) is 2.44. The second-order valence-corrected chi connectivity index (χ2v) is 5.52. The van der Waals surface area contributed by atoms with Crippen molar-refractivity contribution >= 4 is 11.0 Å². The van der Waals surface area contributed by atoms with E-state index in [1.54, 1.807) is 4.57 Å². The number of hydrogen-bond donors (Lipinski definition) is 1. The number of hydrogen-bond acceptors (Lipinski definition) is 3. The van der Waals surface area contributed by atoms with Crippen LogP contribution in [0, 0.1) is 5.92 Å². The van der Waals surface area contributed by atoms with Crippen molar-refractivity contribution in [3.05, 3.63) is 40.8 Å². The van der Waals surface area contributed by atoms with Gasteiger partial charge < -0.3 is 9.88 Å². The van der Waals surface area contributed by atoms with Gasteiger partial charge in [-0.15, -0.1) is 0 Å². The van der Waals surface area contributed by atoms with Gasteiger partial charge in [-0.3, -0.25) is 4.79 Å². The number of rotatable bonds is 7. The summed E-state index contributed by atoms with van der Waals surface area (Å²) in [5.41, 5.74) is 1.74. The van der Waals surface area contributed by atoms with Crippen molar-refractivity contribution in [2.75, 3.05) is 13.1 Å². The minimum atomic E-state index is -0.0346. The van der Waals surface area contributed by atoms with Gasteiger partial charge in [-0.05, 0) is 37.4 Å². The molecule has 0 unspecified atom stereocenters. The maximum atomic E-state index is 11.9. The first-order chi connectivity index (χ1) is 9.68. The molecular formula is C16H23N3O. The quantitative estimate of drug-likeness (QED) is 0.788. The lowest BCUT2D eigenvalue weighted by atomic mass is 10.1. The Bertz CT molecular complexity index is 604. The third-order valence-corrected chi connectivity index (χ3v) is 3.40. The van der Waals surface area contributed by atoms with Gasteiger partial charge in [-0.1, -0.05) is 26.0 Å². The van der Waals surface area contributed by atoms with E-state index in [2.05, 4.69) is 24.1 Å². The highest BCUT2D eigenvalue weighted by atomic mass is 16.1. The lowest BCUT2D eigenvalue weighted by molar-refractivity contribution is 0.515. The Balaban J connectivity index is 1.93. The van der Waals surface area contributed by atoms with E-state index in [4.69, 9.17) is 0 Å². The normalized spacial score (nSPS) is 11.3. The predicted molar refractivity (Wildman–Crippen MR) is 82.9 cm³/mol. The molecule has 0 amide bonds. The Morgan fingerprint density at radius 2 is 2.05 bits per heavy atom. The molecule has 0 radical (unpaired) electrons. The van der Waals surface area contributed by atoms with Crippen LogP contribution in [0.4, 0.5) is 0 Å². The van der Waals surface area contributed by atoms with Crippen molar-refractivity contribution in [3.63, 3.8) is 0 Å². The largest absolute Gasteiger partial charge is 0.315 e. The molecule has 0 aliphatic rings. The molecule has 0 aliphatic carbocycles. The minimum Gasteiger partial charge on any atom is -0.315 e. The van der Waals surface area contributed by atoms with Gasteiger partial charge in [0.25, 0.3) is 5.56 Å². The van der Waals surface area contributed by atoms with Crippen LogP contribution in [-0.4, -0.2) is 22.6 Å². The standard InChI is InChI=1S/C16H23N3O/c1-13(2)6-5-9-17-10-11-19-15-8-4-3-7-14(15)18-12-16(19)20/h3-4,7-8,12-13,17H,5-6,9-11H2,1-2H3. The second kappa shape index (κ2) is 7.20. The maximum Gasteiger partial charge on any atom is 0.269 e. The summed E-state index contributed by atoms with van der Waals surface area (Å²) >= 11 is 0. The number of nitrogens with zero attached hydrogens (tertiary/aromatic N) is 2. The molecule has 1 heterocycles. The highest BCUT2D eigenvalue weighted by Gasteiger charge is 2.02. The number of aromatic nitrogens is 2. The third-order valence-electron chi connectivity index (χ3n) is 3.40. The fourth-order valence-electron chi connectivity index (χ4n) is 2.30. The van der Waals surface area contributed by atoms with E-state index in [1.165, 1.54) is 19.0 Å². The van der Waals surface area contributed by atoms with Gasteiger partial charge in [0.2, 0.25) is 0 Å². The average molecular weight is 273 g/mol. The van der Waals surface area contributed by atoms with Crippen LogP contribution in [0.5, 0.6) is 0 Å². The summed E-state index contributed by atoms with van der Waals surface area (Å²) in [4.78, 5) is 16.1. The van der Waals surface area contributed by atoms with Crippen LogP contribution in [0.15, 0.2) is 35.3 Å². The van der Waals surface area contributed by atoms with Crippen molar-refractivity contribution in [2.45, 2.75) is 33.2 Å². The fraction of sp³-hybridized carbons (Fsp3) is 0.500. The maximum absolute atomic E-state index is 11.9. The lowest BCUT2D eigenvalue weighted by Crippen LogP contribution is -2.28. The van der Waals surface area contributed by atoms with E-state index in [9.17, 15) is 4.79 Å². The van der Waals surface area contributed by atoms with E-state index in [0.717, 1.165) is 30.0 Å². The van der Waals surface area contributed by atoms with E-state index >= 15 is 0 Å². The smallest absolute Gasteiger partial charge is 0.269 e. The molecule has 2 rings (SSSR count). The fourth-order valence-corrected chi connectivity index (χ4v) is 2.30. The highest BCUT2D eigenvalue weighted by Crippen LogP contribution is 2.07. The number of fused-ring (bicyclic) bond motifs is 1. The third kappa shape index (κ3) is 3.90. The first-order valence-electron chi connectivity index (χ1n) is 7.34. The van der Waals surface area contributed by atoms with E-state index in [0.29, 0.717) is 6.54 Å². The lowest BCUT2D eigenvalue weighted by Gasteiger charge is -2.10. The van der Waals surface area contributed by atoms with E-state index in [-0.39, 0.29) is 5.56 Å². The van der Waals surface area contributed by atoms with E-state index in [1.807, 2.05) is 24.3 Å². The number of para-hydroxylation sites is 2. The Labute approximate surface area is 119 Å². The first kappa shape index (κ1) is 14.7.